The zero-order chi connectivity index (χ0) is 12.3. The maximum atomic E-state index is 12.0. The van der Waals surface area contributed by atoms with E-state index >= 15 is 0 Å². The number of hydrogen-bond donors (Lipinski definition) is 3. The molecule has 4 nitrogen and oxygen atoms in total. The smallest absolute Gasteiger partial charge is 0.255 e. The van der Waals surface area contributed by atoms with Crippen molar-refractivity contribution in [2.24, 2.45) is 0 Å². The van der Waals surface area contributed by atoms with Gasteiger partial charge in [-0.15, -0.1) is 12.4 Å². The van der Waals surface area contributed by atoms with E-state index in [0.29, 0.717) is 5.56 Å². The summed E-state index contributed by atoms with van der Waals surface area (Å²) >= 11 is 0. The quantitative estimate of drug-likeness (QED) is 0.765. The number of amides is 1. The number of piperidine rings is 1. The highest BCUT2D eigenvalue weighted by atomic mass is 35.5. The highest BCUT2D eigenvalue weighted by Crippen LogP contribution is 2.18. The Bertz CT molecular complexity index is 417. The van der Waals surface area contributed by atoms with Crippen LogP contribution >= 0.6 is 12.4 Å². The highest BCUT2D eigenvalue weighted by molar-refractivity contribution is 5.97. The molecule has 0 aliphatic carbocycles. The fourth-order valence-corrected chi connectivity index (χ4v) is 2.06. The first kappa shape index (κ1) is 14.8. The van der Waals surface area contributed by atoms with Crippen LogP contribution in [0, 0.1) is 6.92 Å². The summed E-state index contributed by atoms with van der Waals surface area (Å²) in [6, 6.07) is 5.28. The maximum Gasteiger partial charge on any atom is 0.255 e. The third kappa shape index (κ3) is 3.62. The maximum absolute atomic E-state index is 12.0. The third-order valence-electron chi connectivity index (χ3n) is 3.07. The van der Waals surface area contributed by atoms with E-state index in [0.717, 1.165) is 31.5 Å². The SMILES string of the molecule is Cc1ccc(O)c(C(=O)NC2CCNCC2)c1.Cl. The van der Waals surface area contributed by atoms with Crippen molar-refractivity contribution in [1.82, 2.24) is 10.6 Å². The summed E-state index contributed by atoms with van der Waals surface area (Å²) in [6.45, 7) is 3.77. The lowest BCUT2D eigenvalue weighted by Gasteiger charge is -2.23. The van der Waals surface area contributed by atoms with Crippen LogP contribution in [0.1, 0.15) is 28.8 Å². The van der Waals surface area contributed by atoms with Crippen molar-refractivity contribution in [2.75, 3.05) is 13.1 Å². The molecule has 1 aliphatic heterocycles. The molecular formula is C13H19ClN2O2. The van der Waals surface area contributed by atoms with Gasteiger partial charge in [0.1, 0.15) is 5.75 Å². The summed E-state index contributed by atoms with van der Waals surface area (Å²) in [7, 11) is 0. The van der Waals surface area contributed by atoms with Gasteiger partial charge in [0.25, 0.3) is 5.91 Å². The van der Waals surface area contributed by atoms with Crippen LogP contribution in [-0.2, 0) is 0 Å². The molecule has 0 radical (unpaired) electrons. The molecule has 1 fully saturated rings. The van der Waals surface area contributed by atoms with E-state index in [1.54, 1.807) is 18.2 Å². The van der Waals surface area contributed by atoms with Gasteiger partial charge in [0.2, 0.25) is 0 Å². The molecule has 1 saturated heterocycles. The molecule has 1 aliphatic rings. The average Bonchev–Trinajstić information content (AvgIpc) is 2.33. The fraction of sp³-hybridized carbons (Fsp3) is 0.462. The van der Waals surface area contributed by atoms with Crippen LogP contribution < -0.4 is 10.6 Å². The normalized spacial score (nSPS) is 15.8. The molecule has 1 aromatic carbocycles. The molecule has 5 heteroatoms. The minimum Gasteiger partial charge on any atom is -0.507 e. The monoisotopic (exact) mass is 270 g/mol. The second-order valence-corrected chi connectivity index (χ2v) is 4.52. The number of phenols is 1. The van der Waals surface area contributed by atoms with Crippen LogP contribution in [0.15, 0.2) is 18.2 Å². The number of aromatic hydroxyl groups is 1. The molecule has 0 spiro atoms. The van der Waals surface area contributed by atoms with Gasteiger partial charge in [0, 0.05) is 6.04 Å². The fourth-order valence-electron chi connectivity index (χ4n) is 2.06. The lowest BCUT2D eigenvalue weighted by molar-refractivity contribution is 0.0927. The Balaban J connectivity index is 0.00000162. The van der Waals surface area contributed by atoms with Crippen LogP contribution in [0.3, 0.4) is 0 Å². The molecule has 0 bridgehead atoms. The summed E-state index contributed by atoms with van der Waals surface area (Å²) in [6.07, 6.45) is 1.89. The van der Waals surface area contributed by atoms with Crippen molar-refractivity contribution in [1.29, 1.82) is 0 Å². The van der Waals surface area contributed by atoms with Gasteiger partial charge in [0.05, 0.1) is 5.56 Å². The van der Waals surface area contributed by atoms with Crippen molar-refractivity contribution in [3.05, 3.63) is 29.3 Å². The molecule has 18 heavy (non-hydrogen) atoms. The van der Waals surface area contributed by atoms with Crippen molar-refractivity contribution >= 4 is 18.3 Å². The largest absolute Gasteiger partial charge is 0.507 e. The zero-order valence-electron chi connectivity index (χ0n) is 10.4. The van der Waals surface area contributed by atoms with Crippen LogP contribution in [-0.4, -0.2) is 30.1 Å². The lowest BCUT2D eigenvalue weighted by Crippen LogP contribution is -2.42. The number of phenolic OH excluding ortho intramolecular Hbond substituents is 1. The van der Waals surface area contributed by atoms with E-state index < -0.39 is 0 Å². The standard InChI is InChI=1S/C13H18N2O2.ClH/c1-9-2-3-12(16)11(8-9)13(17)15-10-4-6-14-7-5-10;/h2-3,8,10,14,16H,4-7H2,1H3,(H,15,17);1H. The zero-order valence-corrected chi connectivity index (χ0v) is 11.2. The average molecular weight is 271 g/mol. The molecular weight excluding hydrogens is 252 g/mol. The predicted octanol–water partition coefficient (Wildman–Crippen LogP) is 1.60. The summed E-state index contributed by atoms with van der Waals surface area (Å²) in [4.78, 5) is 12.0. The summed E-state index contributed by atoms with van der Waals surface area (Å²) < 4.78 is 0. The topological polar surface area (TPSA) is 61.4 Å². The highest BCUT2D eigenvalue weighted by Gasteiger charge is 2.18. The van der Waals surface area contributed by atoms with Crippen molar-refractivity contribution < 1.29 is 9.90 Å². The van der Waals surface area contributed by atoms with E-state index in [-0.39, 0.29) is 30.1 Å². The molecule has 0 atom stereocenters. The predicted molar refractivity (Wildman–Crippen MR) is 73.4 cm³/mol. The Morgan fingerprint density at radius 1 is 1.39 bits per heavy atom. The third-order valence-corrected chi connectivity index (χ3v) is 3.07. The molecule has 3 N–H and O–H groups in total. The Kier molecular flexibility index (Phi) is 5.44. The van der Waals surface area contributed by atoms with E-state index in [2.05, 4.69) is 10.6 Å². The number of nitrogens with one attached hydrogen (secondary N) is 2. The van der Waals surface area contributed by atoms with E-state index in [1.165, 1.54) is 0 Å². The van der Waals surface area contributed by atoms with Gasteiger partial charge < -0.3 is 15.7 Å². The Labute approximate surface area is 113 Å². The second-order valence-electron chi connectivity index (χ2n) is 4.52. The van der Waals surface area contributed by atoms with Gasteiger partial charge in [-0.05, 0) is 45.0 Å². The number of benzene rings is 1. The Morgan fingerprint density at radius 3 is 2.72 bits per heavy atom. The van der Waals surface area contributed by atoms with Gasteiger partial charge >= 0.3 is 0 Å². The molecule has 1 aromatic rings. The first-order chi connectivity index (χ1) is 8.16. The van der Waals surface area contributed by atoms with Crippen LogP contribution in [0.5, 0.6) is 5.75 Å². The number of rotatable bonds is 2. The number of aryl methyl sites for hydroxylation is 1. The first-order valence-corrected chi connectivity index (χ1v) is 5.98. The molecule has 100 valence electrons. The molecule has 2 rings (SSSR count). The van der Waals surface area contributed by atoms with Crippen molar-refractivity contribution in [3.8, 4) is 5.75 Å². The minimum atomic E-state index is -0.182. The van der Waals surface area contributed by atoms with Gasteiger partial charge in [-0.3, -0.25) is 4.79 Å². The minimum absolute atomic E-state index is 0. The first-order valence-electron chi connectivity index (χ1n) is 5.98. The van der Waals surface area contributed by atoms with Gasteiger partial charge in [0.15, 0.2) is 0 Å². The van der Waals surface area contributed by atoms with Gasteiger partial charge in [-0.2, -0.15) is 0 Å². The van der Waals surface area contributed by atoms with E-state index in [1.807, 2.05) is 6.92 Å². The van der Waals surface area contributed by atoms with Crippen molar-refractivity contribution in [3.63, 3.8) is 0 Å². The summed E-state index contributed by atoms with van der Waals surface area (Å²) in [5, 5.41) is 15.9. The van der Waals surface area contributed by atoms with Gasteiger partial charge in [-0.1, -0.05) is 11.6 Å². The van der Waals surface area contributed by atoms with E-state index in [4.69, 9.17) is 0 Å². The summed E-state index contributed by atoms with van der Waals surface area (Å²) in [5.74, 6) is -0.139. The lowest BCUT2D eigenvalue weighted by atomic mass is 10.1. The number of hydrogen-bond acceptors (Lipinski definition) is 3. The summed E-state index contributed by atoms with van der Waals surface area (Å²) in [5.41, 5.74) is 1.33. The molecule has 0 saturated carbocycles. The van der Waals surface area contributed by atoms with Crippen LogP contribution in [0.25, 0.3) is 0 Å². The molecule has 1 heterocycles. The van der Waals surface area contributed by atoms with Gasteiger partial charge in [-0.25, -0.2) is 0 Å². The number of carbonyl (C=O) groups excluding carboxylic acids is 1. The number of halogens is 1. The molecule has 1 amide bonds. The van der Waals surface area contributed by atoms with E-state index in [9.17, 15) is 9.90 Å². The van der Waals surface area contributed by atoms with Crippen molar-refractivity contribution in [2.45, 2.75) is 25.8 Å². The molecule has 0 aromatic heterocycles. The number of carbonyl (C=O) groups is 1. The Morgan fingerprint density at radius 2 is 2.06 bits per heavy atom. The molecule has 0 unspecified atom stereocenters. The van der Waals surface area contributed by atoms with Crippen LogP contribution in [0.2, 0.25) is 0 Å². The van der Waals surface area contributed by atoms with Crippen LogP contribution in [0.4, 0.5) is 0 Å². The second kappa shape index (κ2) is 6.61. The Hall–Kier alpha value is -1.26.